The highest BCUT2D eigenvalue weighted by Crippen LogP contribution is 2.29. The van der Waals surface area contributed by atoms with Gasteiger partial charge in [0.2, 0.25) is 0 Å². The maximum atomic E-state index is 12.9. The first kappa shape index (κ1) is 16.3. The van der Waals surface area contributed by atoms with E-state index < -0.39 is 17.6 Å². The molecule has 4 rings (SSSR count). The molecule has 26 heavy (non-hydrogen) atoms. The normalized spacial score (nSPS) is 20.3. The van der Waals surface area contributed by atoms with Crippen molar-refractivity contribution in [1.29, 1.82) is 0 Å². The van der Waals surface area contributed by atoms with Gasteiger partial charge in [-0.3, -0.25) is 9.20 Å². The van der Waals surface area contributed by atoms with Gasteiger partial charge in [0, 0.05) is 12.6 Å². The fourth-order valence-corrected chi connectivity index (χ4v) is 3.23. The molecule has 0 saturated carbocycles. The molecule has 1 aliphatic heterocycles. The summed E-state index contributed by atoms with van der Waals surface area (Å²) < 4.78 is 7.29. The van der Waals surface area contributed by atoms with Crippen molar-refractivity contribution in [3.63, 3.8) is 0 Å². The topological polar surface area (TPSA) is 85.6 Å². The Morgan fingerprint density at radius 3 is 2.85 bits per heavy atom. The van der Waals surface area contributed by atoms with Crippen LogP contribution in [0.5, 0.6) is 0 Å². The number of benzene rings is 1. The Morgan fingerprint density at radius 1 is 1.23 bits per heavy atom. The number of amides is 1. The molecular weight excluding hydrogens is 332 g/mol. The van der Waals surface area contributed by atoms with Crippen LogP contribution in [0.4, 0.5) is 0 Å². The minimum atomic E-state index is -1.26. The van der Waals surface area contributed by atoms with Crippen LogP contribution in [0.1, 0.15) is 41.6 Å². The Labute approximate surface area is 150 Å². The van der Waals surface area contributed by atoms with E-state index >= 15 is 0 Å². The molecule has 3 heterocycles. The van der Waals surface area contributed by atoms with Gasteiger partial charge in [0.25, 0.3) is 5.91 Å². The predicted molar refractivity (Wildman–Crippen MR) is 93.5 cm³/mol. The highest BCUT2D eigenvalue weighted by Gasteiger charge is 2.43. The van der Waals surface area contributed by atoms with Gasteiger partial charge in [-0.25, -0.2) is 4.79 Å². The summed E-state index contributed by atoms with van der Waals surface area (Å²) in [6.45, 7) is 3.45. The van der Waals surface area contributed by atoms with Crippen molar-refractivity contribution in [3.05, 3.63) is 65.6 Å². The zero-order valence-corrected chi connectivity index (χ0v) is 14.5. The number of nitrogens with one attached hydrogen (secondary N) is 1. The number of pyridine rings is 1. The van der Waals surface area contributed by atoms with Gasteiger partial charge >= 0.3 is 5.97 Å². The number of carbonyl (C=O) groups is 2. The van der Waals surface area contributed by atoms with Gasteiger partial charge in [-0.2, -0.15) is 0 Å². The summed E-state index contributed by atoms with van der Waals surface area (Å²) in [6, 6.07) is 12.4. The fraction of sp³-hybridized carbons (Fsp3) is 0.263. The molecule has 0 radical (unpaired) electrons. The summed E-state index contributed by atoms with van der Waals surface area (Å²) >= 11 is 0. The SMILES string of the molecule is CC(NC(=O)C1(C)Cc2ccccc2C(=O)O1)c1nnc2ccccn12. The number of aromatic nitrogens is 3. The maximum absolute atomic E-state index is 12.9. The Bertz CT molecular complexity index is 1010. The Morgan fingerprint density at radius 2 is 2.00 bits per heavy atom. The summed E-state index contributed by atoms with van der Waals surface area (Å²) in [4.78, 5) is 25.1. The standard InChI is InChI=1S/C19H18N4O3/c1-12(16-22-21-15-9-5-6-10-23(15)16)20-18(25)19(2)11-13-7-3-4-8-14(13)17(24)26-19/h3-10,12H,11H2,1-2H3,(H,20,25). The summed E-state index contributed by atoms with van der Waals surface area (Å²) in [5.74, 6) is -0.231. The van der Waals surface area contributed by atoms with Crippen LogP contribution in [-0.2, 0) is 16.0 Å². The second-order valence-electron chi connectivity index (χ2n) is 6.64. The zero-order valence-electron chi connectivity index (χ0n) is 14.5. The van der Waals surface area contributed by atoms with Crippen molar-refractivity contribution in [1.82, 2.24) is 19.9 Å². The third-order valence-corrected chi connectivity index (χ3v) is 4.64. The maximum Gasteiger partial charge on any atom is 0.339 e. The molecule has 1 aromatic carbocycles. The van der Waals surface area contributed by atoms with Crippen LogP contribution in [0.2, 0.25) is 0 Å². The lowest BCUT2D eigenvalue weighted by atomic mass is 9.89. The summed E-state index contributed by atoms with van der Waals surface area (Å²) in [5.41, 5.74) is 0.754. The fourth-order valence-electron chi connectivity index (χ4n) is 3.23. The van der Waals surface area contributed by atoms with Crippen LogP contribution in [0, 0.1) is 0 Å². The molecule has 0 aliphatic carbocycles. The molecular formula is C19H18N4O3. The molecule has 0 spiro atoms. The summed E-state index contributed by atoms with van der Waals surface area (Å²) in [5, 5.41) is 11.1. The second-order valence-corrected chi connectivity index (χ2v) is 6.64. The third kappa shape index (κ3) is 2.61. The molecule has 2 aromatic heterocycles. The van der Waals surface area contributed by atoms with Crippen molar-refractivity contribution in [3.8, 4) is 0 Å². The minimum absolute atomic E-state index is 0.327. The molecule has 1 amide bonds. The first-order chi connectivity index (χ1) is 12.5. The van der Waals surface area contributed by atoms with Crippen LogP contribution in [0.25, 0.3) is 5.65 Å². The van der Waals surface area contributed by atoms with Crippen molar-refractivity contribution in [2.45, 2.75) is 31.9 Å². The van der Waals surface area contributed by atoms with E-state index in [1.807, 2.05) is 47.9 Å². The van der Waals surface area contributed by atoms with Gasteiger partial charge in [-0.15, -0.1) is 10.2 Å². The number of ether oxygens (including phenoxy) is 1. The summed E-state index contributed by atoms with van der Waals surface area (Å²) in [6.07, 6.45) is 2.17. The smallest absolute Gasteiger partial charge is 0.339 e. The molecule has 3 aromatic rings. The average Bonchev–Trinajstić information content (AvgIpc) is 3.06. The molecule has 1 N–H and O–H groups in total. The molecule has 7 nitrogen and oxygen atoms in total. The Kier molecular flexibility index (Phi) is 3.72. The van der Waals surface area contributed by atoms with Crippen molar-refractivity contribution < 1.29 is 14.3 Å². The Hall–Kier alpha value is -3.22. The number of fused-ring (bicyclic) bond motifs is 2. The quantitative estimate of drug-likeness (QED) is 0.731. The molecule has 7 heteroatoms. The van der Waals surface area contributed by atoms with Gasteiger partial charge < -0.3 is 10.1 Å². The molecule has 0 fully saturated rings. The van der Waals surface area contributed by atoms with E-state index in [-0.39, 0.29) is 5.91 Å². The Balaban J connectivity index is 1.57. The van der Waals surface area contributed by atoms with Gasteiger partial charge in [-0.1, -0.05) is 24.3 Å². The van der Waals surface area contributed by atoms with Crippen molar-refractivity contribution in [2.24, 2.45) is 0 Å². The number of esters is 1. The molecule has 2 unspecified atom stereocenters. The van der Waals surface area contributed by atoms with Gasteiger partial charge in [0.1, 0.15) is 0 Å². The second kappa shape index (κ2) is 5.94. The number of nitrogens with zero attached hydrogens (tertiary/aromatic N) is 3. The largest absolute Gasteiger partial charge is 0.445 e. The monoisotopic (exact) mass is 350 g/mol. The van der Waals surface area contributed by atoms with Crippen LogP contribution < -0.4 is 5.32 Å². The van der Waals surface area contributed by atoms with Crippen LogP contribution in [-0.4, -0.2) is 32.1 Å². The highest BCUT2D eigenvalue weighted by molar-refractivity contribution is 5.97. The van der Waals surface area contributed by atoms with E-state index in [2.05, 4.69) is 15.5 Å². The van der Waals surface area contributed by atoms with Gasteiger partial charge in [-0.05, 0) is 37.6 Å². The van der Waals surface area contributed by atoms with E-state index in [4.69, 9.17) is 4.74 Å². The lowest BCUT2D eigenvalue weighted by Crippen LogP contribution is -2.52. The third-order valence-electron chi connectivity index (χ3n) is 4.64. The van der Waals surface area contributed by atoms with E-state index in [0.29, 0.717) is 23.5 Å². The first-order valence-corrected chi connectivity index (χ1v) is 8.40. The number of carbonyl (C=O) groups excluding carboxylic acids is 2. The van der Waals surface area contributed by atoms with Crippen LogP contribution in [0.15, 0.2) is 48.7 Å². The highest BCUT2D eigenvalue weighted by atomic mass is 16.6. The number of cyclic esters (lactones) is 1. The lowest BCUT2D eigenvalue weighted by molar-refractivity contribution is -0.140. The van der Waals surface area contributed by atoms with Gasteiger partial charge in [0.05, 0.1) is 11.6 Å². The van der Waals surface area contributed by atoms with E-state index in [1.54, 1.807) is 19.1 Å². The molecule has 0 saturated heterocycles. The number of rotatable bonds is 3. The molecule has 0 bridgehead atoms. The average molecular weight is 350 g/mol. The number of hydrogen-bond acceptors (Lipinski definition) is 5. The number of hydrogen-bond donors (Lipinski definition) is 1. The minimum Gasteiger partial charge on any atom is -0.445 e. The lowest BCUT2D eigenvalue weighted by Gasteiger charge is -2.33. The van der Waals surface area contributed by atoms with Crippen LogP contribution in [0.3, 0.4) is 0 Å². The van der Waals surface area contributed by atoms with Gasteiger partial charge in [0.15, 0.2) is 17.1 Å². The van der Waals surface area contributed by atoms with E-state index in [1.165, 1.54) is 0 Å². The molecule has 2 atom stereocenters. The van der Waals surface area contributed by atoms with Crippen LogP contribution >= 0.6 is 0 Å². The molecule has 1 aliphatic rings. The zero-order chi connectivity index (χ0) is 18.3. The van der Waals surface area contributed by atoms with Crippen molar-refractivity contribution in [2.75, 3.05) is 0 Å². The first-order valence-electron chi connectivity index (χ1n) is 8.40. The van der Waals surface area contributed by atoms with E-state index in [9.17, 15) is 9.59 Å². The van der Waals surface area contributed by atoms with E-state index in [0.717, 1.165) is 5.56 Å². The molecule has 132 valence electrons. The predicted octanol–water partition coefficient (Wildman–Crippen LogP) is 2.08. The summed E-state index contributed by atoms with van der Waals surface area (Å²) in [7, 11) is 0. The van der Waals surface area contributed by atoms with Crippen molar-refractivity contribution >= 4 is 17.5 Å².